The van der Waals surface area contributed by atoms with Crippen LogP contribution in [0, 0.1) is 6.92 Å². The minimum Gasteiger partial charge on any atom is -0.391 e. The van der Waals surface area contributed by atoms with Crippen molar-refractivity contribution in [3.05, 3.63) is 12.0 Å². The van der Waals surface area contributed by atoms with Gasteiger partial charge in [-0.3, -0.25) is 0 Å². The summed E-state index contributed by atoms with van der Waals surface area (Å²) in [5.41, 5.74) is 5.48. The van der Waals surface area contributed by atoms with Crippen LogP contribution in [0.2, 0.25) is 0 Å². The molecule has 0 bridgehead atoms. The molecule has 0 aliphatic carbocycles. The first-order valence-electron chi connectivity index (χ1n) is 5.34. The highest BCUT2D eigenvalue weighted by Crippen LogP contribution is 2.17. The minimum atomic E-state index is -3.59. The van der Waals surface area contributed by atoms with Crippen molar-refractivity contribution in [3.63, 3.8) is 0 Å². The predicted molar refractivity (Wildman–Crippen MR) is 68.6 cm³/mol. The number of nitrogens with zero attached hydrogens (tertiary/aromatic N) is 2. The second kappa shape index (κ2) is 4.92. The average molecular weight is 290 g/mol. The molecule has 0 amide bonds. The lowest BCUT2D eigenvalue weighted by Crippen LogP contribution is -2.49. The van der Waals surface area contributed by atoms with E-state index in [1.807, 2.05) is 0 Å². The molecule has 1 atom stereocenters. The molecule has 0 spiro atoms. The summed E-state index contributed by atoms with van der Waals surface area (Å²) in [6.07, 6.45) is 0.767. The Kier molecular flexibility index (Phi) is 3.66. The summed E-state index contributed by atoms with van der Waals surface area (Å²) in [7, 11) is -3.59. The largest absolute Gasteiger partial charge is 0.391 e. The Morgan fingerprint density at radius 2 is 2.44 bits per heavy atom. The lowest BCUT2D eigenvalue weighted by molar-refractivity contribution is 0.0385. The van der Waals surface area contributed by atoms with Crippen molar-refractivity contribution in [2.45, 2.75) is 18.1 Å². The molecule has 1 aliphatic heterocycles. The lowest BCUT2D eigenvalue weighted by atomic mass is 10.3. The van der Waals surface area contributed by atoms with Crippen molar-refractivity contribution in [1.82, 2.24) is 14.3 Å². The Morgan fingerprint density at radius 1 is 1.72 bits per heavy atom. The van der Waals surface area contributed by atoms with E-state index >= 15 is 0 Å². The van der Waals surface area contributed by atoms with Gasteiger partial charge in [-0.1, -0.05) is 12.2 Å². The molecule has 1 unspecified atom stereocenters. The zero-order chi connectivity index (χ0) is 13.3. The number of hydrogen-bond acceptors (Lipinski definition) is 5. The van der Waals surface area contributed by atoms with Gasteiger partial charge in [0.2, 0.25) is 0 Å². The van der Waals surface area contributed by atoms with Crippen molar-refractivity contribution in [3.8, 4) is 0 Å². The summed E-state index contributed by atoms with van der Waals surface area (Å²) in [5, 5.41) is 0.0728. The number of nitrogens with one attached hydrogen (secondary N) is 1. The van der Waals surface area contributed by atoms with E-state index in [1.54, 1.807) is 6.92 Å². The molecule has 7 nitrogen and oxygen atoms in total. The summed E-state index contributed by atoms with van der Waals surface area (Å²) in [6, 6.07) is 0. The molecule has 1 aliphatic rings. The van der Waals surface area contributed by atoms with Crippen LogP contribution in [0.1, 0.15) is 5.82 Å². The third kappa shape index (κ3) is 2.53. The third-order valence-corrected chi connectivity index (χ3v) is 4.68. The minimum absolute atomic E-state index is 0.0728. The van der Waals surface area contributed by atoms with Crippen molar-refractivity contribution in [2.75, 3.05) is 19.7 Å². The second-order valence-corrected chi connectivity index (χ2v) is 6.34. The lowest BCUT2D eigenvalue weighted by Gasteiger charge is -2.30. The molecule has 0 aromatic carbocycles. The third-order valence-electron chi connectivity index (χ3n) is 2.64. The van der Waals surface area contributed by atoms with Crippen LogP contribution in [0.4, 0.5) is 0 Å². The molecule has 2 rings (SSSR count). The molecule has 0 saturated carbocycles. The molecule has 1 fully saturated rings. The van der Waals surface area contributed by atoms with Crippen molar-refractivity contribution < 1.29 is 13.2 Å². The number of H-pyrrole nitrogens is 1. The van der Waals surface area contributed by atoms with Crippen LogP contribution in [-0.4, -0.2) is 53.5 Å². The fraction of sp³-hybridized carbons (Fsp3) is 0.556. The Morgan fingerprint density at radius 3 is 3.00 bits per heavy atom. The van der Waals surface area contributed by atoms with Crippen molar-refractivity contribution >= 4 is 27.2 Å². The Balaban J connectivity index is 2.22. The fourth-order valence-corrected chi connectivity index (χ4v) is 3.21. The van der Waals surface area contributed by atoms with Gasteiger partial charge in [0, 0.05) is 13.1 Å². The van der Waals surface area contributed by atoms with Crippen molar-refractivity contribution in [2.24, 2.45) is 5.73 Å². The highest BCUT2D eigenvalue weighted by Gasteiger charge is 2.32. The van der Waals surface area contributed by atoms with E-state index in [9.17, 15) is 8.42 Å². The van der Waals surface area contributed by atoms with Gasteiger partial charge < -0.3 is 15.5 Å². The molecule has 1 aromatic heterocycles. The Labute approximate surface area is 110 Å². The van der Waals surface area contributed by atoms with Gasteiger partial charge in [-0.25, -0.2) is 13.4 Å². The van der Waals surface area contributed by atoms with Gasteiger partial charge in [0.1, 0.15) is 16.9 Å². The first kappa shape index (κ1) is 13.4. The standard InChI is InChI=1S/C9H14N4O3S2/c1-6-11-4-8(12-6)18(14,15)13-2-3-16-7(5-13)9(10)17/h4,7H,2-3,5H2,1H3,(H2,10,17)(H,11,12). The van der Waals surface area contributed by atoms with Crippen molar-refractivity contribution in [1.29, 1.82) is 0 Å². The van der Waals surface area contributed by atoms with Crippen LogP contribution in [0.3, 0.4) is 0 Å². The predicted octanol–water partition coefficient (Wildman–Crippen LogP) is -0.606. The van der Waals surface area contributed by atoms with Gasteiger partial charge in [-0.15, -0.1) is 0 Å². The van der Waals surface area contributed by atoms with Gasteiger partial charge in [-0.2, -0.15) is 4.31 Å². The molecule has 1 aromatic rings. The quantitative estimate of drug-likeness (QED) is 0.720. The van der Waals surface area contributed by atoms with Crippen LogP contribution in [0.5, 0.6) is 0 Å². The van der Waals surface area contributed by atoms with E-state index in [4.69, 9.17) is 22.7 Å². The summed E-state index contributed by atoms with van der Waals surface area (Å²) in [6.45, 7) is 2.37. The number of sulfonamides is 1. The van der Waals surface area contributed by atoms with Gasteiger partial charge in [0.25, 0.3) is 10.0 Å². The Hall–Kier alpha value is -1.03. The van der Waals surface area contributed by atoms with E-state index in [2.05, 4.69) is 9.97 Å². The number of thiocarbonyl (C=S) groups is 1. The number of nitrogens with two attached hydrogens (primary N) is 1. The zero-order valence-corrected chi connectivity index (χ0v) is 11.4. The smallest absolute Gasteiger partial charge is 0.260 e. The summed E-state index contributed by atoms with van der Waals surface area (Å²) < 4.78 is 31.2. The van der Waals surface area contributed by atoms with E-state index in [1.165, 1.54) is 10.5 Å². The highest BCUT2D eigenvalue weighted by molar-refractivity contribution is 7.89. The summed E-state index contributed by atoms with van der Waals surface area (Å²) in [4.78, 5) is 6.76. The first-order valence-corrected chi connectivity index (χ1v) is 7.19. The molecule has 1 saturated heterocycles. The number of hydrogen-bond donors (Lipinski definition) is 2. The number of morpholine rings is 1. The number of aryl methyl sites for hydroxylation is 1. The molecule has 9 heteroatoms. The molecule has 2 heterocycles. The van der Waals surface area contributed by atoms with Gasteiger partial charge in [-0.05, 0) is 6.92 Å². The SMILES string of the molecule is Cc1ncc(S(=O)(=O)N2CCOC(C(N)=S)C2)[nH]1. The van der Waals surface area contributed by atoms with Crippen LogP contribution in [0.25, 0.3) is 0 Å². The highest BCUT2D eigenvalue weighted by atomic mass is 32.2. The Bertz CT molecular complexity index is 554. The molecule has 0 radical (unpaired) electrons. The summed E-state index contributed by atoms with van der Waals surface area (Å²) >= 11 is 4.82. The van der Waals surface area contributed by atoms with Crippen LogP contribution in [0.15, 0.2) is 11.2 Å². The molecular formula is C9H14N4O3S2. The van der Waals surface area contributed by atoms with Crippen LogP contribution >= 0.6 is 12.2 Å². The maximum Gasteiger partial charge on any atom is 0.260 e. The molecule has 3 N–H and O–H groups in total. The van der Waals surface area contributed by atoms with E-state index in [-0.39, 0.29) is 29.7 Å². The van der Waals surface area contributed by atoms with Crippen LogP contribution in [-0.2, 0) is 14.8 Å². The number of rotatable bonds is 3. The first-order chi connectivity index (χ1) is 8.41. The average Bonchev–Trinajstić information content (AvgIpc) is 2.77. The fourth-order valence-electron chi connectivity index (χ4n) is 1.68. The number of imidazole rings is 1. The number of aromatic amines is 1. The zero-order valence-electron chi connectivity index (χ0n) is 9.79. The van der Waals surface area contributed by atoms with E-state index in [0.717, 1.165) is 0 Å². The van der Waals surface area contributed by atoms with Crippen LogP contribution < -0.4 is 5.73 Å². The topological polar surface area (TPSA) is 101 Å². The molecular weight excluding hydrogens is 276 g/mol. The number of aromatic nitrogens is 2. The monoisotopic (exact) mass is 290 g/mol. The number of ether oxygens (including phenoxy) is 1. The molecule has 18 heavy (non-hydrogen) atoms. The van der Waals surface area contributed by atoms with Gasteiger partial charge >= 0.3 is 0 Å². The normalized spacial score (nSPS) is 21.9. The van der Waals surface area contributed by atoms with E-state index in [0.29, 0.717) is 5.82 Å². The van der Waals surface area contributed by atoms with Gasteiger partial charge in [0.15, 0.2) is 5.03 Å². The van der Waals surface area contributed by atoms with E-state index < -0.39 is 16.1 Å². The maximum absolute atomic E-state index is 12.3. The maximum atomic E-state index is 12.3. The molecule has 100 valence electrons. The van der Waals surface area contributed by atoms with Gasteiger partial charge in [0.05, 0.1) is 12.8 Å². The second-order valence-electron chi connectivity index (χ2n) is 3.96. The summed E-state index contributed by atoms with van der Waals surface area (Å²) in [5.74, 6) is 0.549.